The lowest BCUT2D eigenvalue weighted by Gasteiger charge is -2.38. The van der Waals surface area contributed by atoms with Crippen LogP contribution in [0.1, 0.15) is 72.9 Å². The number of pyridine rings is 1. The third kappa shape index (κ3) is 7.14. The van der Waals surface area contributed by atoms with Crippen molar-refractivity contribution < 1.29 is 23.9 Å². The number of aliphatic hydroxyl groups is 1. The Morgan fingerprint density at radius 2 is 1.73 bits per heavy atom. The average Bonchev–Trinajstić information content (AvgIpc) is 3.10. The lowest BCUT2D eigenvalue weighted by molar-refractivity contribution is -0.118. The summed E-state index contributed by atoms with van der Waals surface area (Å²) in [5.74, 6) is 1.38. The van der Waals surface area contributed by atoms with Gasteiger partial charge < -0.3 is 24.5 Å². The molecule has 1 aliphatic carbocycles. The van der Waals surface area contributed by atoms with Gasteiger partial charge in [0.25, 0.3) is 0 Å². The summed E-state index contributed by atoms with van der Waals surface area (Å²) < 4.78 is 17.9. The molecule has 5 rings (SSSR count). The standard InChI is InChI=1S/C14H22BNO3.C13H17BrN4O2.ClH/c1-12(2,17)11-8-7-10(9-16-11)15-18-13(3,4)14(5,6)19-15;1-20-9-4-2-8(3-5-9)18-11(19)7-16-12-13(18)17-10(14)6-15-12;/h7-9,17H,1-6H3;6,8-9H,2-5,7H2,1H3,(H,15,16);1H/i12+2;;. The van der Waals surface area contributed by atoms with E-state index in [-0.39, 0.29) is 42.1 Å². The Balaban J connectivity index is 0.000000215. The van der Waals surface area contributed by atoms with Crippen molar-refractivity contribution in [2.24, 2.45) is 0 Å². The first-order chi connectivity index (χ1) is 18.2. The molecule has 1 saturated carbocycles. The highest BCUT2D eigenvalue weighted by Crippen LogP contribution is 2.36. The summed E-state index contributed by atoms with van der Waals surface area (Å²) in [5.41, 5.74) is -0.146. The monoisotopic (exact) mass is 641 g/mol. The number of fused-ring (bicyclic) bond motifs is 1. The Morgan fingerprint density at radius 1 is 1.10 bits per heavy atom. The van der Waals surface area contributed by atoms with Crippen molar-refractivity contribution in [3.63, 3.8) is 0 Å². The molecular weight excluding hydrogens is 602 g/mol. The summed E-state index contributed by atoms with van der Waals surface area (Å²) >= 11 is 3.32. The molecule has 3 aliphatic rings. The van der Waals surface area contributed by atoms with Gasteiger partial charge in [0.05, 0.1) is 35.7 Å². The van der Waals surface area contributed by atoms with Crippen LogP contribution < -0.4 is 15.7 Å². The van der Waals surface area contributed by atoms with E-state index in [1.165, 1.54) is 0 Å². The zero-order valence-corrected chi connectivity index (χ0v) is 26.6. The summed E-state index contributed by atoms with van der Waals surface area (Å²) in [6, 6.07) is 3.89. The second-order valence-electron chi connectivity index (χ2n) is 11.8. The van der Waals surface area contributed by atoms with Gasteiger partial charge in [-0.15, -0.1) is 12.4 Å². The molecule has 2 fully saturated rings. The molecule has 0 atom stereocenters. The Bertz CT molecular complexity index is 1160. The molecule has 0 unspecified atom stereocenters. The first-order valence-corrected chi connectivity index (χ1v) is 14.2. The van der Waals surface area contributed by atoms with Crippen molar-refractivity contribution in [3.8, 4) is 0 Å². The Kier molecular flexibility index (Phi) is 10.3. The maximum absolute atomic E-state index is 12.3. The Labute approximate surface area is 251 Å². The molecule has 0 bridgehead atoms. The summed E-state index contributed by atoms with van der Waals surface area (Å²) in [4.78, 5) is 27.1. The molecule has 2 aromatic rings. The molecule has 40 heavy (non-hydrogen) atoms. The second-order valence-corrected chi connectivity index (χ2v) is 12.6. The second kappa shape index (κ2) is 12.6. The number of nitrogens with zero attached hydrogens (tertiary/aromatic N) is 4. The van der Waals surface area contributed by atoms with Gasteiger partial charge in [-0.25, -0.2) is 9.97 Å². The zero-order chi connectivity index (χ0) is 28.6. The minimum atomic E-state index is -0.936. The fourth-order valence-corrected chi connectivity index (χ4v) is 5.09. The van der Waals surface area contributed by atoms with E-state index in [1.54, 1.807) is 39.4 Å². The third-order valence-electron chi connectivity index (χ3n) is 7.91. The molecule has 2 aliphatic heterocycles. The number of rotatable bonds is 4. The van der Waals surface area contributed by atoms with Crippen molar-refractivity contribution >= 4 is 58.5 Å². The van der Waals surface area contributed by atoms with Gasteiger partial charge in [-0.3, -0.25) is 14.7 Å². The predicted molar refractivity (Wildman–Crippen MR) is 161 cm³/mol. The number of aromatic nitrogens is 3. The highest BCUT2D eigenvalue weighted by Gasteiger charge is 2.51. The van der Waals surface area contributed by atoms with Crippen LogP contribution in [0.4, 0.5) is 11.6 Å². The number of carbonyl (C=O) groups is 1. The van der Waals surface area contributed by atoms with Crippen LogP contribution in [0.25, 0.3) is 0 Å². The Morgan fingerprint density at radius 3 is 2.25 bits per heavy atom. The molecule has 220 valence electrons. The van der Waals surface area contributed by atoms with Gasteiger partial charge in [0.2, 0.25) is 5.91 Å². The normalized spacial score (nSPS) is 23.4. The number of methoxy groups -OCH3 is 1. The van der Waals surface area contributed by atoms with Crippen LogP contribution in [-0.2, 0) is 24.4 Å². The van der Waals surface area contributed by atoms with Gasteiger partial charge in [0, 0.05) is 24.8 Å². The van der Waals surface area contributed by atoms with Gasteiger partial charge in [-0.05, 0) is 89.2 Å². The van der Waals surface area contributed by atoms with E-state index in [0.717, 1.165) is 31.1 Å². The minimum absolute atomic E-state index is 0. The van der Waals surface area contributed by atoms with Crippen molar-refractivity contribution in [2.75, 3.05) is 23.9 Å². The van der Waals surface area contributed by atoms with Crippen LogP contribution >= 0.6 is 28.3 Å². The van der Waals surface area contributed by atoms with E-state index in [1.807, 2.05) is 38.7 Å². The van der Waals surface area contributed by atoms with E-state index < -0.39 is 12.7 Å². The number of amides is 1. The molecule has 2 aromatic heterocycles. The lowest BCUT2D eigenvalue weighted by atomic mass is 9.80. The number of anilines is 2. The number of carbonyl (C=O) groups excluding carboxylic acids is 1. The largest absolute Gasteiger partial charge is 0.496 e. The minimum Gasteiger partial charge on any atom is -0.399 e. The van der Waals surface area contributed by atoms with E-state index in [9.17, 15) is 9.90 Å². The fourth-order valence-electron chi connectivity index (χ4n) is 4.82. The summed E-state index contributed by atoms with van der Waals surface area (Å²) in [6.45, 7) is 11.8. The average molecular weight is 643 g/mol. The smallest absolute Gasteiger partial charge is 0.399 e. The molecule has 4 heterocycles. The number of hydrogen-bond acceptors (Lipinski definition) is 9. The van der Waals surface area contributed by atoms with Gasteiger partial charge in [-0.2, -0.15) is 0 Å². The van der Waals surface area contributed by atoms with Gasteiger partial charge in [-0.1, -0.05) is 6.07 Å². The number of hydrogen-bond donors (Lipinski definition) is 2. The summed E-state index contributed by atoms with van der Waals surface area (Å²) in [7, 11) is 1.34. The van der Waals surface area contributed by atoms with E-state index in [0.29, 0.717) is 28.0 Å². The molecule has 1 amide bonds. The SMILES string of the molecule is CC1(C)OB(c2ccc([14C](C)(C)O)nc2)OC1(C)C.COC1CCC(N2C(=O)CNc3ncc(Br)nc32)CC1.Cl. The molecule has 0 spiro atoms. The van der Waals surface area contributed by atoms with Crippen LogP contribution in [0.3, 0.4) is 0 Å². The van der Waals surface area contributed by atoms with Crippen molar-refractivity contribution in [2.45, 2.75) is 96.2 Å². The van der Waals surface area contributed by atoms with E-state index in [2.05, 4.69) is 36.2 Å². The third-order valence-corrected chi connectivity index (χ3v) is 8.29. The zero-order valence-electron chi connectivity index (χ0n) is 24.2. The molecule has 13 heteroatoms. The van der Waals surface area contributed by atoms with Crippen LogP contribution in [-0.4, -0.2) is 70.1 Å². The van der Waals surface area contributed by atoms with Gasteiger partial charge in [0.1, 0.15) is 10.2 Å². The maximum atomic E-state index is 12.3. The predicted octanol–water partition coefficient (Wildman–Crippen LogP) is 3.99. The number of ether oxygens (including phenoxy) is 1. The van der Waals surface area contributed by atoms with Crippen molar-refractivity contribution in [1.29, 1.82) is 0 Å². The van der Waals surface area contributed by atoms with Crippen LogP contribution in [0.5, 0.6) is 0 Å². The molecule has 0 aromatic carbocycles. The van der Waals surface area contributed by atoms with Crippen molar-refractivity contribution in [1.82, 2.24) is 15.0 Å². The van der Waals surface area contributed by atoms with Crippen LogP contribution in [0.15, 0.2) is 29.1 Å². The quantitative estimate of drug-likeness (QED) is 0.478. The van der Waals surface area contributed by atoms with Gasteiger partial charge >= 0.3 is 7.12 Å². The molecule has 0 radical (unpaired) electrons. The maximum Gasteiger partial charge on any atom is 0.496 e. The van der Waals surface area contributed by atoms with E-state index >= 15 is 0 Å². The highest BCUT2D eigenvalue weighted by molar-refractivity contribution is 9.10. The Hall–Kier alpha value is -1.83. The fraction of sp³-hybridized carbons (Fsp3) is 0.630. The number of halogens is 2. The van der Waals surface area contributed by atoms with Crippen LogP contribution in [0, 0.1) is 0 Å². The van der Waals surface area contributed by atoms with E-state index in [4.69, 9.17) is 14.0 Å². The topological polar surface area (TPSA) is 119 Å². The first kappa shape index (κ1) is 32.7. The lowest BCUT2D eigenvalue weighted by Crippen LogP contribution is -2.49. The molecule has 10 nitrogen and oxygen atoms in total. The summed E-state index contributed by atoms with van der Waals surface area (Å²) in [5, 5.41) is 12.9. The first-order valence-electron chi connectivity index (χ1n) is 13.4. The van der Waals surface area contributed by atoms with Gasteiger partial charge in [0.15, 0.2) is 11.6 Å². The van der Waals surface area contributed by atoms with Crippen LogP contribution in [0.2, 0.25) is 0 Å². The molecular formula is C27H40BBrClN5O5. The summed E-state index contributed by atoms with van der Waals surface area (Å²) in [6.07, 6.45) is 7.51. The number of nitrogens with one attached hydrogen (secondary N) is 1. The molecule has 2 N–H and O–H groups in total. The molecule has 1 saturated heterocycles. The van der Waals surface area contributed by atoms with Crippen molar-refractivity contribution in [3.05, 3.63) is 34.8 Å². The highest BCUT2D eigenvalue weighted by atomic mass is 79.9.